The van der Waals surface area contributed by atoms with Crippen LogP contribution in [0, 0.1) is 5.82 Å². The van der Waals surface area contributed by atoms with Crippen LogP contribution in [-0.4, -0.2) is 43.5 Å². The average molecular weight is 383 g/mol. The van der Waals surface area contributed by atoms with Crippen molar-refractivity contribution in [1.82, 2.24) is 10.2 Å². The van der Waals surface area contributed by atoms with Gasteiger partial charge in [0.2, 0.25) is 0 Å². The van der Waals surface area contributed by atoms with Crippen LogP contribution in [0.4, 0.5) is 10.1 Å². The number of halogens is 1. The Morgan fingerprint density at radius 2 is 1.71 bits per heavy atom. The fourth-order valence-electron chi connectivity index (χ4n) is 3.52. The Balaban J connectivity index is 1.40. The van der Waals surface area contributed by atoms with Crippen LogP contribution in [0.25, 0.3) is 0 Å². The second kappa shape index (κ2) is 8.31. The van der Waals surface area contributed by atoms with Crippen LogP contribution in [-0.2, 0) is 0 Å². The number of carbonyl (C=O) groups is 1. The number of furan rings is 2. The molecule has 0 radical (unpaired) electrons. The summed E-state index contributed by atoms with van der Waals surface area (Å²) in [5.41, 5.74) is 1.02. The lowest BCUT2D eigenvalue weighted by Gasteiger charge is -2.39. The summed E-state index contributed by atoms with van der Waals surface area (Å²) in [4.78, 5) is 16.8. The molecule has 146 valence electrons. The second-order valence-electron chi connectivity index (χ2n) is 6.72. The number of piperazine rings is 1. The molecule has 1 N–H and O–H groups in total. The molecule has 3 heterocycles. The lowest BCUT2D eigenvalue weighted by atomic mass is 10.1. The molecule has 1 atom stereocenters. The highest BCUT2D eigenvalue weighted by molar-refractivity contribution is 5.91. The number of nitrogens with one attached hydrogen (secondary N) is 1. The lowest BCUT2D eigenvalue weighted by Crippen LogP contribution is -2.49. The Morgan fingerprint density at radius 1 is 1.00 bits per heavy atom. The predicted molar refractivity (Wildman–Crippen MR) is 103 cm³/mol. The van der Waals surface area contributed by atoms with Crippen molar-refractivity contribution in [2.24, 2.45) is 0 Å². The molecule has 1 saturated heterocycles. The van der Waals surface area contributed by atoms with E-state index in [4.69, 9.17) is 8.83 Å². The maximum Gasteiger partial charge on any atom is 0.287 e. The molecule has 0 saturated carbocycles. The fourth-order valence-corrected chi connectivity index (χ4v) is 3.52. The molecule has 28 heavy (non-hydrogen) atoms. The van der Waals surface area contributed by atoms with Crippen LogP contribution < -0.4 is 10.2 Å². The molecular formula is C21H22FN3O3. The minimum atomic E-state index is -0.244. The van der Waals surface area contributed by atoms with Gasteiger partial charge in [0, 0.05) is 38.4 Å². The molecule has 1 aliphatic heterocycles. The van der Waals surface area contributed by atoms with Crippen molar-refractivity contribution in [2.75, 3.05) is 37.6 Å². The Kier molecular flexibility index (Phi) is 5.43. The normalized spacial score (nSPS) is 16.1. The Labute approximate surface area is 162 Å². The van der Waals surface area contributed by atoms with Crippen LogP contribution in [0.15, 0.2) is 69.9 Å². The van der Waals surface area contributed by atoms with Crippen LogP contribution in [0.2, 0.25) is 0 Å². The van der Waals surface area contributed by atoms with E-state index in [-0.39, 0.29) is 17.8 Å². The zero-order valence-electron chi connectivity index (χ0n) is 15.4. The van der Waals surface area contributed by atoms with Gasteiger partial charge in [0.25, 0.3) is 5.91 Å². The van der Waals surface area contributed by atoms with E-state index in [0.29, 0.717) is 12.3 Å². The first kappa shape index (κ1) is 18.3. The zero-order valence-corrected chi connectivity index (χ0v) is 15.4. The standard InChI is InChI=1S/C21H22FN3O3/c22-16-5-7-17(8-6-16)24-9-11-25(12-10-24)18(19-3-1-13-27-19)15-23-21(26)20-4-2-14-28-20/h1-8,13-14,18H,9-12,15H2,(H,23,26)/t18-/m0/s1. The molecule has 2 aromatic heterocycles. The largest absolute Gasteiger partial charge is 0.468 e. The van der Waals surface area contributed by atoms with E-state index in [9.17, 15) is 9.18 Å². The number of anilines is 1. The van der Waals surface area contributed by atoms with Crippen molar-refractivity contribution < 1.29 is 18.0 Å². The van der Waals surface area contributed by atoms with Gasteiger partial charge in [0.05, 0.1) is 18.6 Å². The number of hydrogen-bond donors (Lipinski definition) is 1. The van der Waals surface area contributed by atoms with Crippen molar-refractivity contribution in [2.45, 2.75) is 6.04 Å². The van der Waals surface area contributed by atoms with E-state index in [2.05, 4.69) is 15.1 Å². The number of hydrogen-bond acceptors (Lipinski definition) is 5. The predicted octanol–water partition coefficient (Wildman–Crippen LogP) is 3.31. The quantitative estimate of drug-likeness (QED) is 0.708. The molecule has 1 fully saturated rings. The van der Waals surface area contributed by atoms with Crippen LogP contribution in [0.3, 0.4) is 0 Å². The Morgan fingerprint density at radius 3 is 2.36 bits per heavy atom. The molecule has 1 amide bonds. The van der Waals surface area contributed by atoms with Crippen molar-refractivity contribution >= 4 is 11.6 Å². The molecule has 0 aliphatic carbocycles. The fraction of sp³-hybridized carbons (Fsp3) is 0.286. The van der Waals surface area contributed by atoms with Crippen molar-refractivity contribution in [1.29, 1.82) is 0 Å². The number of rotatable bonds is 6. The molecule has 1 aliphatic rings. The van der Waals surface area contributed by atoms with Gasteiger partial charge in [-0.15, -0.1) is 0 Å². The van der Waals surface area contributed by atoms with Gasteiger partial charge in [-0.3, -0.25) is 9.69 Å². The summed E-state index contributed by atoms with van der Waals surface area (Å²) in [5, 5.41) is 2.93. The topological polar surface area (TPSA) is 61.9 Å². The third-order valence-corrected chi connectivity index (χ3v) is 5.02. The second-order valence-corrected chi connectivity index (χ2v) is 6.72. The molecular weight excluding hydrogens is 361 g/mol. The highest BCUT2D eigenvalue weighted by atomic mass is 19.1. The first-order valence-corrected chi connectivity index (χ1v) is 9.30. The van der Waals surface area contributed by atoms with Gasteiger partial charge in [-0.1, -0.05) is 0 Å². The summed E-state index contributed by atoms with van der Waals surface area (Å²) in [6, 6.07) is 13.6. The summed E-state index contributed by atoms with van der Waals surface area (Å²) >= 11 is 0. The molecule has 0 unspecified atom stereocenters. The van der Waals surface area contributed by atoms with Gasteiger partial charge < -0.3 is 19.1 Å². The molecule has 4 rings (SSSR count). The lowest BCUT2D eigenvalue weighted by molar-refractivity contribution is 0.0895. The molecule has 7 heteroatoms. The molecule has 0 spiro atoms. The SMILES string of the molecule is O=C(NC[C@@H](c1ccco1)N1CCN(c2ccc(F)cc2)CC1)c1ccco1. The van der Waals surface area contributed by atoms with Gasteiger partial charge in [-0.25, -0.2) is 4.39 Å². The van der Waals surface area contributed by atoms with Crippen LogP contribution in [0.1, 0.15) is 22.4 Å². The minimum absolute atomic E-state index is 0.0655. The number of nitrogens with zero attached hydrogens (tertiary/aromatic N) is 2. The van der Waals surface area contributed by atoms with Crippen LogP contribution >= 0.6 is 0 Å². The van der Waals surface area contributed by atoms with Crippen molar-refractivity contribution in [3.8, 4) is 0 Å². The van der Waals surface area contributed by atoms with Crippen molar-refractivity contribution in [3.05, 3.63) is 78.4 Å². The monoisotopic (exact) mass is 383 g/mol. The van der Waals surface area contributed by atoms with E-state index >= 15 is 0 Å². The molecule has 6 nitrogen and oxygen atoms in total. The number of benzene rings is 1. The Bertz CT molecular complexity index is 870. The van der Waals surface area contributed by atoms with Crippen molar-refractivity contribution in [3.63, 3.8) is 0 Å². The first-order chi connectivity index (χ1) is 13.7. The molecule has 1 aromatic carbocycles. The third-order valence-electron chi connectivity index (χ3n) is 5.02. The van der Waals surface area contributed by atoms with Gasteiger partial charge in [-0.05, 0) is 48.5 Å². The maximum absolute atomic E-state index is 13.2. The summed E-state index contributed by atoms with van der Waals surface area (Å²) in [6.07, 6.45) is 3.12. The van der Waals surface area contributed by atoms with Crippen LogP contribution in [0.5, 0.6) is 0 Å². The van der Waals surface area contributed by atoms with E-state index in [0.717, 1.165) is 37.6 Å². The zero-order chi connectivity index (χ0) is 19.3. The van der Waals surface area contributed by atoms with Gasteiger partial charge in [-0.2, -0.15) is 0 Å². The summed E-state index contributed by atoms with van der Waals surface area (Å²) in [7, 11) is 0. The van der Waals surface area contributed by atoms with Gasteiger partial charge in [0.1, 0.15) is 11.6 Å². The molecule has 3 aromatic rings. The number of carbonyl (C=O) groups excluding carboxylic acids is 1. The average Bonchev–Trinajstić information content (AvgIpc) is 3.44. The third kappa shape index (κ3) is 4.09. The van der Waals surface area contributed by atoms with Gasteiger partial charge in [0.15, 0.2) is 5.76 Å². The maximum atomic E-state index is 13.2. The summed E-state index contributed by atoms with van der Waals surface area (Å²) in [6.45, 7) is 3.66. The minimum Gasteiger partial charge on any atom is -0.468 e. The summed E-state index contributed by atoms with van der Waals surface area (Å²) in [5.74, 6) is 0.633. The highest BCUT2D eigenvalue weighted by Gasteiger charge is 2.27. The first-order valence-electron chi connectivity index (χ1n) is 9.30. The van der Waals surface area contributed by atoms with E-state index in [1.54, 1.807) is 30.5 Å². The number of amides is 1. The smallest absolute Gasteiger partial charge is 0.287 e. The van der Waals surface area contributed by atoms with E-state index < -0.39 is 0 Å². The summed E-state index contributed by atoms with van der Waals surface area (Å²) < 4.78 is 23.9. The van der Waals surface area contributed by atoms with E-state index in [1.807, 2.05) is 12.1 Å². The highest BCUT2D eigenvalue weighted by Crippen LogP contribution is 2.24. The van der Waals surface area contributed by atoms with E-state index in [1.165, 1.54) is 18.4 Å². The Hall–Kier alpha value is -3.06. The molecule has 0 bridgehead atoms. The van der Waals surface area contributed by atoms with Gasteiger partial charge >= 0.3 is 0 Å².